The average Bonchev–Trinajstić information content (AvgIpc) is 3.16. The lowest BCUT2D eigenvalue weighted by molar-refractivity contribution is 0.0491. The zero-order valence-electron chi connectivity index (χ0n) is 16.0. The van der Waals surface area contributed by atoms with Crippen molar-refractivity contribution in [1.29, 1.82) is 0 Å². The number of sulfonamides is 1. The van der Waals surface area contributed by atoms with Gasteiger partial charge in [-0.1, -0.05) is 24.3 Å². The minimum absolute atomic E-state index is 0.142. The van der Waals surface area contributed by atoms with Crippen molar-refractivity contribution in [3.8, 4) is 16.9 Å². The van der Waals surface area contributed by atoms with Crippen LogP contribution < -0.4 is 9.46 Å². The Bertz CT molecular complexity index is 1100. The molecule has 0 saturated carbocycles. The number of esters is 1. The predicted octanol–water partition coefficient (Wildman–Crippen LogP) is 4.07. The standard InChI is InChI=1S/C21H21NO6S/c1-3-26-21(23)20-19(10-11-27-20)16-7-5-9-18(13-16)28-14-15-6-4-8-17(12-15)22-29(2,24)25/h4-13,22H,3,14H2,1-2H3. The Morgan fingerprint density at radius 1 is 1.10 bits per heavy atom. The van der Waals surface area contributed by atoms with Gasteiger partial charge in [0.25, 0.3) is 0 Å². The van der Waals surface area contributed by atoms with E-state index in [0.29, 0.717) is 17.0 Å². The number of nitrogens with one attached hydrogen (secondary N) is 1. The molecule has 7 nitrogen and oxygen atoms in total. The van der Waals surface area contributed by atoms with Crippen LogP contribution in [0.3, 0.4) is 0 Å². The normalized spacial score (nSPS) is 11.1. The first-order valence-corrected chi connectivity index (χ1v) is 10.8. The summed E-state index contributed by atoms with van der Waals surface area (Å²) >= 11 is 0. The third-order valence-electron chi connectivity index (χ3n) is 3.91. The van der Waals surface area contributed by atoms with Crippen LogP contribution in [0.2, 0.25) is 0 Å². The van der Waals surface area contributed by atoms with Crippen LogP contribution in [0.1, 0.15) is 23.0 Å². The molecule has 8 heteroatoms. The lowest BCUT2D eigenvalue weighted by atomic mass is 10.1. The summed E-state index contributed by atoms with van der Waals surface area (Å²) in [4.78, 5) is 12.0. The van der Waals surface area contributed by atoms with Crippen LogP contribution in [0.5, 0.6) is 5.75 Å². The van der Waals surface area contributed by atoms with E-state index in [0.717, 1.165) is 17.4 Å². The Morgan fingerprint density at radius 3 is 2.66 bits per heavy atom. The van der Waals surface area contributed by atoms with Crippen LogP contribution in [-0.4, -0.2) is 27.2 Å². The molecule has 29 heavy (non-hydrogen) atoms. The molecule has 0 radical (unpaired) electrons. The van der Waals surface area contributed by atoms with Crippen molar-refractivity contribution in [2.24, 2.45) is 0 Å². The highest BCUT2D eigenvalue weighted by Crippen LogP contribution is 2.29. The average molecular weight is 415 g/mol. The molecule has 1 aromatic heterocycles. The second-order valence-corrected chi connectivity index (χ2v) is 8.02. The number of ether oxygens (including phenoxy) is 2. The molecule has 0 saturated heterocycles. The molecule has 0 aliphatic rings. The Balaban J connectivity index is 1.74. The van der Waals surface area contributed by atoms with Gasteiger partial charge < -0.3 is 13.9 Å². The maximum absolute atomic E-state index is 12.0. The van der Waals surface area contributed by atoms with Crippen LogP contribution in [0.4, 0.5) is 5.69 Å². The fourth-order valence-electron chi connectivity index (χ4n) is 2.75. The molecule has 0 bridgehead atoms. The fourth-order valence-corrected chi connectivity index (χ4v) is 3.31. The number of hydrogen-bond donors (Lipinski definition) is 1. The van der Waals surface area contributed by atoms with Crippen molar-refractivity contribution in [2.45, 2.75) is 13.5 Å². The number of furan rings is 1. The summed E-state index contributed by atoms with van der Waals surface area (Å²) in [5.41, 5.74) is 2.65. The SMILES string of the molecule is CCOC(=O)c1occc1-c1cccc(OCc2cccc(NS(C)(=O)=O)c2)c1. The van der Waals surface area contributed by atoms with Crippen LogP contribution in [-0.2, 0) is 21.4 Å². The zero-order chi connectivity index (χ0) is 20.9. The first kappa shape index (κ1) is 20.5. The summed E-state index contributed by atoms with van der Waals surface area (Å²) in [6, 6.07) is 15.9. The van der Waals surface area contributed by atoms with Crippen LogP contribution in [0, 0.1) is 0 Å². The van der Waals surface area contributed by atoms with E-state index in [1.165, 1.54) is 6.26 Å². The molecule has 0 spiro atoms. The van der Waals surface area contributed by atoms with E-state index in [1.54, 1.807) is 43.3 Å². The van der Waals surface area contributed by atoms with Gasteiger partial charge >= 0.3 is 5.97 Å². The Morgan fingerprint density at radius 2 is 1.90 bits per heavy atom. The van der Waals surface area contributed by atoms with Gasteiger partial charge in [0.2, 0.25) is 15.8 Å². The van der Waals surface area contributed by atoms with E-state index in [1.807, 2.05) is 18.2 Å². The number of hydrogen-bond acceptors (Lipinski definition) is 6. The lowest BCUT2D eigenvalue weighted by Gasteiger charge is -2.10. The zero-order valence-corrected chi connectivity index (χ0v) is 16.9. The van der Waals surface area contributed by atoms with E-state index < -0.39 is 16.0 Å². The molecule has 0 amide bonds. The van der Waals surface area contributed by atoms with Crippen LogP contribution in [0.15, 0.2) is 65.3 Å². The summed E-state index contributed by atoms with van der Waals surface area (Å²) in [5, 5.41) is 0. The molecule has 0 atom stereocenters. The minimum atomic E-state index is -3.34. The quantitative estimate of drug-likeness (QED) is 0.557. The largest absolute Gasteiger partial charge is 0.489 e. The molecule has 1 N–H and O–H groups in total. The summed E-state index contributed by atoms with van der Waals surface area (Å²) in [5.74, 6) is 0.220. The third-order valence-corrected chi connectivity index (χ3v) is 4.51. The maximum Gasteiger partial charge on any atom is 0.374 e. The fraction of sp³-hybridized carbons (Fsp3) is 0.190. The van der Waals surface area contributed by atoms with E-state index in [4.69, 9.17) is 13.9 Å². The summed E-state index contributed by atoms with van der Waals surface area (Å²) in [6.45, 7) is 2.24. The van der Waals surface area contributed by atoms with Crippen molar-refractivity contribution in [3.05, 3.63) is 72.2 Å². The van der Waals surface area contributed by atoms with E-state index >= 15 is 0 Å². The molecule has 0 aliphatic heterocycles. The maximum atomic E-state index is 12.0. The lowest BCUT2D eigenvalue weighted by Crippen LogP contribution is -2.09. The highest BCUT2D eigenvalue weighted by molar-refractivity contribution is 7.92. The van der Waals surface area contributed by atoms with Gasteiger partial charge in [-0.25, -0.2) is 13.2 Å². The van der Waals surface area contributed by atoms with Crippen molar-refractivity contribution in [1.82, 2.24) is 0 Å². The third kappa shape index (κ3) is 5.61. The molecule has 0 aliphatic carbocycles. The monoisotopic (exact) mass is 415 g/mol. The van der Waals surface area contributed by atoms with Crippen molar-refractivity contribution in [2.75, 3.05) is 17.6 Å². The second-order valence-electron chi connectivity index (χ2n) is 6.27. The van der Waals surface area contributed by atoms with Gasteiger partial charge in [-0.3, -0.25) is 4.72 Å². The van der Waals surface area contributed by atoms with Gasteiger partial charge in [-0.15, -0.1) is 0 Å². The Hall–Kier alpha value is -3.26. The van der Waals surface area contributed by atoms with E-state index in [9.17, 15) is 13.2 Å². The Kier molecular flexibility index (Phi) is 6.23. The van der Waals surface area contributed by atoms with Crippen molar-refractivity contribution in [3.63, 3.8) is 0 Å². The molecule has 2 aromatic carbocycles. The van der Waals surface area contributed by atoms with Gasteiger partial charge in [0.1, 0.15) is 12.4 Å². The Labute approximate surface area is 169 Å². The van der Waals surface area contributed by atoms with Gasteiger partial charge in [0, 0.05) is 11.3 Å². The summed E-state index contributed by atoms with van der Waals surface area (Å²) in [6.07, 6.45) is 2.54. The predicted molar refractivity (Wildman–Crippen MR) is 109 cm³/mol. The molecule has 3 rings (SSSR count). The van der Waals surface area contributed by atoms with Gasteiger partial charge in [0.15, 0.2) is 0 Å². The summed E-state index contributed by atoms with van der Waals surface area (Å²) in [7, 11) is -3.34. The number of rotatable bonds is 8. The molecule has 3 aromatic rings. The van der Waals surface area contributed by atoms with E-state index in [2.05, 4.69) is 4.72 Å². The first-order valence-electron chi connectivity index (χ1n) is 8.90. The molecule has 0 unspecified atom stereocenters. The molecule has 1 heterocycles. The highest BCUT2D eigenvalue weighted by atomic mass is 32.2. The molecule has 152 valence electrons. The van der Waals surface area contributed by atoms with Gasteiger partial charge in [0.05, 0.1) is 19.1 Å². The molecular weight excluding hydrogens is 394 g/mol. The number of anilines is 1. The number of benzene rings is 2. The first-order chi connectivity index (χ1) is 13.9. The minimum Gasteiger partial charge on any atom is -0.489 e. The smallest absolute Gasteiger partial charge is 0.374 e. The molecular formula is C21H21NO6S. The number of carbonyl (C=O) groups excluding carboxylic acids is 1. The van der Waals surface area contributed by atoms with Crippen molar-refractivity contribution >= 4 is 21.7 Å². The van der Waals surface area contributed by atoms with Crippen LogP contribution >= 0.6 is 0 Å². The van der Waals surface area contributed by atoms with E-state index in [-0.39, 0.29) is 19.0 Å². The second kappa shape index (κ2) is 8.83. The molecule has 0 fully saturated rings. The van der Waals surface area contributed by atoms with Gasteiger partial charge in [-0.05, 0) is 48.4 Å². The van der Waals surface area contributed by atoms with Crippen LogP contribution in [0.25, 0.3) is 11.1 Å². The highest BCUT2D eigenvalue weighted by Gasteiger charge is 2.18. The topological polar surface area (TPSA) is 94.8 Å². The summed E-state index contributed by atoms with van der Waals surface area (Å²) < 4.78 is 41.3. The van der Waals surface area contributed by atoms with Crippen molar-refractivity contribution < 1.29 is 27.1 Å². The van der Waals surface area contributed by atoms with Gasteiger partial charge in [-0.2, -0.15) is 0 Å². The number of carbonyl (C=O) groups is 1.